The van der Waals surface area contributed by atoms with Gasteiger partial charge >= 0.3 is 5.97 Å². The van der Waals surface area contributed by atoms with Gasteiger partial charge in [-0.05, 0) is 31.2 Å². The van der Waals surface area contributed by atoms with Crippen LogP contribution < -0.4 is 10.1 Å². The molecular formula is C17H16N2O6. The second kappa shape index (κ2) is 7.91. The van der Waals surface area contributed by atoms with Gasteiger partial charge < -0.3 is 14.8 Å². The Morgan fingerprint density at radius 2 is 1.84 bits per heavy atom. The van der Waals surface area contributed by atoms with Gasteiger partial charge in [0.1, 0.15) is 11.3 Å². The van der Waals surface area contributed by atoms with Gasteiger partial charge in [0, 0.05) is 17.8 Å². The summed E-state index contributed by atoms with van der Waals surface area (Å²) in [5.41, 5.74) is 1.35. The number of anilines is 1. The number of carbonyl (C=O) groups excluding carboxylic acids is 2. The molecular weight excluding hydrogens is 328 g/mol. The highest BCUT2D eigenvalue weighted by molar-refractivity contribution is 5.96. The maximum atomic E-state index is 12.1. The van der Waals surface area contributed by atoms with Crippen molar-refractivity contribution in [2.24, 2.45) is 0 Å². The summed E-state index contributed by atoms with van der Waals surface area (Å²) in [5, 5.41) is 13.1. The molecule has 0 saturated heterocycles. The molecule has 0 heterocycles. The third kappa shape index (κ3) is 4.77. The first-order valence-corrected chi connectivity index (χ1v) is 7.27. The number of carbonyl (C=O) groups is 2. The van der Waals surface area contributed by atoms with Crippen molar-refractivity contribution < 1.29 is 24.0 Å². The summed E-state index contributed by atoms with van der Waals surface area (Å²) < 4.78 is 10.1. The number of nitrogens with one attached hydrogen (secondary N) is 1. The Morgan fingerprint density at radius 3 is 2.44 bits per heavy atom. The van der Waals surface area contributed by atoms with Crippen molar-refractivity contribution in [3.05, 3.63) is 63.7 Å². The molecule has 2 rings (SSSR count). The molecule has 8 heteroatoms. The second-order valence-electron chi connectivity index (χ2n) is 5.13. The van der Waals surface area contributed by atoms with Gasteiger partial charge in [-0.1, -0.05) is 11.6 Å². The van der Waals surface area contributed by atoms with E-state index in [-0.39, 0.29) is 11.3 Å². The highest BCUT2D eigenvalue weighted by atomic mass is 16.6. The van der Waals surface area contributed by atoms with Crippen molar-refractivity contribution in [3.63, 3.8) is 0 Å². The smallest absolute Gasteiger partial charge is 0.342 e. The molecule has 0 radical (unpaired) electrons. The van der Waals surface area contributed by atoms with Crippen LogP contribution in [0.1, 0.15) is 15.9 Å². The van der Waals surface area contributed by atoms with Crippen molar-refractivity contribution in [3.8, 4) is 5.75 Å². The lowest BCUT2D eigenvalue weighted by molar-refractivity contribution is -0.384. The number of nitro benzene ring substituents is 1. The summed E-state index contributed by atoms with van der Waals surface area (Å²) in [4.78, 5) is 34.0. The van der Waals surface area contributed by atoms with Gasteiger partial charge in [-0.25, -0.2) is 4.79 Å². The van der Waals surface area contributed by atoms with Gasteiger partial charge in [0.15, 0.2) is 6.61 Å². The summed E-state index contributed by atoms with van der Waals surface area (Å²) in [6.07, 6.45) is 0. The molecule has 0 bridgehead atoms. The molecule has 2 aromatic rings. The minimum Gasteiger partial charge on any atom is -0.496 e. The number of hydrogen-bond donors (Lipinski definition) is 1. The van der Waals surface area contributed by atoms with Gasteiger partial charge in [-0.3, -0.25) is 14.9 Å². The van der Waals surface area contributed by atoms with Crippen LogP contribution in [0.15, 0.2) is 42.5 Å². The molecule has 130 valence electrons. The monoisotopic (exact) mass is 344 g/mol. The van der Waals surface area contributed by atoms with E-state index in [1.807, 2.05) is 6.92 Å². The Bertz CT molecular complexity index is 801. The average molecular weight is 344 g/mol. The molecule has 0 saturated carbocycles. The lowest BCUT2D eigenvalue weighted by Crippen LogP contribution is -2.21. The van der Waals surface area contributed by atoms with Crippen molar-refractivity contribution >= 4 is 23.3 Å². The molecule has 8 nitrogen and oxygen atoms in total. The number of esters is 1. The van der Waals surface area contributed by atoms with E-state index in [9.17, 15) is 19.7 Å². The van der Waals surface area contributed by atoms with E-state index in [1.54, 1.807) is 18.2 Å². The van der Waals surface area contributed by atoms with Crippen molar-refractivity contribution in [2.45, 2.75) is 6.92 Å². The van der Waals surface area contributed by atoms with Crippen LogP contribution in [0.5, 0.6) is 5.75 Å². The molecule has 0 aliphatic heterocycles. The van der Waals surface area contributed by atoms with Crippen LogP contribution in [0.25, 0.3) is 0 Å². The van der Waals surface area contributed by atoms with E-state index in [0.29, 0.717) is 11.4 Å². The fourth-order valence-corrected chi connectivity index (χ4v) is 2.05. The first-order valence-electron chi connectivity index (χ1n) is 7.27. The predicted octanol–water partition coefficient (Wildman–Crippen LogP) is 2.71. The Hall–Kier alpha value is -3.42. The summed E-state index contributed by atoms with van der Waals surface area (Å²) in [6.45, 7) is 1.32. The third-order valence-electron chi connectivity index (χ3n) is 3.27. The van der Waals surface area contributed by atoms with Gasteiger partial charge in [-0.15, -0.1) is 0 Å². The molecule has 0 fully saturated rings. The molecule has 0 atom stereocenters. The summed E-state index contributed by atoms with van der Waals surface area (Å²) in [7, 11) is 1.43. The minimum absolute atomic E-state index is 0.0871. The fourth-order valence-electron chi connectivity index (χ4n) is 2.05. The van der Waals surface area contributed by atoms with Gasteiger partial charge in [0.25, 0.3) is 11.6 Å². The topological polar surface area (TPSA) is 108 Å². The standard InChI is InChI=1S/C17H16N2O6/c1-11-3-8-15(24-2)14(9-11)17(21)25-10-16(20)18-12-4-6-13(7-5-12)19(22)23/h3-9H,10H2,1-2H3,(H,18,20). The zero-order chi connectivity index (χ0) is 18.4. The Labute approximate surface area is 143 Å². The number of ether oxygens (including phenoxy) is 2. The lowest BCUT2D eigenvalue weighted by Gasteiger charge is -2.10. The minimum atomic E-state index is -0.681. The van der Waals surface area contributed by atoms with Crippen LogP contribution >= 0.6 is 0 Å². The number of hydrogen-bond acceptors (Lipinski definition) is 6. The van der Waals surface area contributed by atoms with E-state index >= 15 is 0 Å². The average Bonchev–Trinajstić information content (AvgIpc) is 2.60. The maximum Gasteiger partial charge on any atom is 0.342 e. The molecule has 25 heavy (non-hydrogen) atoms. The summed E-state index contributed by atoms with van der Waals surface area (Å²) in [5.74, 6) is -0.889. The third-order valence-corrected chi connectivity index (χ3v) is 3.27. The van der Waals surface area contributed by atoms with E-state index in [2.05, 4.69) is 5.32 Å². The largest absolute Gasteiger partial charge is 0.496 e. The van der Waals surface area contributed by atoms with E-state index in [0.717, 1.165) is 5.56 Å². The molecule has 0 aromatic heterocycles. The van der Waals surface area contributed by atoms with Crippen LogP contribution in [0, 0.1) is 17.0 Å². The quantitative estimate of drug-likeness (QED) is 0.490. The number of aryl methyl sites for hydroxylation is 1. The fraction of sp³-hybridized carbons (Fsp3) is 0.176. The van der Waals surface area contributed by atoms with Crippen LogP contribution in [0.2, 0.25) is 0 Å². The highest BCUT2D eigenvalue weighted by Crippen LogP contribution is 2.20. The van der Waals surface area contributed by atoms with Gasteiger partial charge in [0.2, 0.25) is 0 Å². The second-order valence-corrected chi connectivity index (χ2v) is 5.13. The molecule has 0 unspecified atom stereocenters. The maximum absolute atomic E-state index is 12.1. The zero-order valence-electron chi connectivity index (χ0n) is 13.6. The predicted molar refractivity (Wildman–Crippen MR) is 89.7 cm³/mol. The molecule has 0 aliphatic rings. The van der Waals surface area contributed by atoms with Crippen molar-refractivity contribution in [2.75, 3.05) is 19.0 Å². The van der Waals surface area contributed by atoms with Crippen molar-refractivity contribution in [1.82, 2.24) is 0 Å². The van der Waals surface area contributed by atoms with Crippen LogP contribution in [-0.2, 0) is 9.53 Å². The number of rotatable bonds is 6. The van der Waals surface area contributed by atoms with Crippen LogP contribution in [0.3, 0.4) is 0 Å². The number of benzene rings is 2. The molecule has 1 N–H and O–H groups in total. The first kappa shape index (κ1) is 17.9. The number of nitro groups is 1. The molecule has 1 amide bonds. The number of non-ortho nitro benzene ring substituents is 1. The van der Waals surface area contributed by atoms with E-state index in [1.165, 1.54) is 31.4 Å². The zero-order valence-corrected chi connectivity index (χ0v) is 13.6. The summed E-state index contributed by atoms with van der Waals surface area (Å²) >= 11 is 0. The lowest BCUT2D eigenvalue weighted by atomic mass is 10.1. The SMILES string of the molecule is COc1ccc(C)cc1C(=O)OCC(=O)Nc1ccc([N+](=O)[O-])cc1. The Morgan fingerprint density at radius 1 is 1.16 bits per heavy atom. The van der Waals surface area contributed by atoms with Crippen LogP contribution in [-0.4, -0.2) is 30.5 Å². The Kier molecular flexibility index (Phi) is 5.67. The van der Waals surface area contributed by atoms with Gasteiger partial charge in [0.05, 0.1) is 12.0 Å². The number of nitrogens with zero attached hydrogens (tertiary/aromatic N) is 1. The highest BCUT2D eigenvalue weighted by Gasteiger charge is 2.16. The molecule has 0 spiro atoms. The normalized spacial score (nSPS) is 10.0. The first-order chi connectivity index (χ1) is 11.9. The van der Waals surface area contributed by atoms with Crippen LogP contribution in [0.4, 0.5) is 11.4 Å². The van der Waals surface area contributed by atoms with Crippen molar-refractivity contribution in [1.29, 1.82) is 0 Å². The molecule has 0 aliphatic carbocycles. The summed E-state index contributed by atoms with van der Waals surface area (Å²) in [6, 6.07) is 10.3. The Balaban J connectivity index is 1.94. The van der Waals surface area contributed by atoms with E-state index in [4.69, 9.17) is 9.47 Å². The van der Waals surface area contributed by atoms with Gasteiger partial charge in [-0.2, -0.15) is 0 Å². The number of amides is 1. The number of methoxy groups -OCH3 is 1. The molecule has 2 aromatic carbocycles. The van der Waals surface area contributed by atoms with E-state index < -0.39 is 23.4 Å².